The third-order valence-corrected chi connectivity index (χ3v) is 5.94. The van der Waals surface area contributed by atoms with E-state index in [-0.39, 0.29) is 39.0 Å². The fourth-order valence-corrected chi connectivity index (χ4v) is 3.91. The number of hydrogen-bond acceptors (Lipinski definition) is 7. The maximum atomic E-state index is 13.7. The summed E-state index contributed by atoms with van der Waals surface area (Å²) in [6.07, 6.45) is -4.11. The van der Waals surface area contributed by atoms with Crippen LogP contribution in [0.3, 0.4) is 0 Å². The second kappa shape index (κ2) is 10.9. The van der Waals surface area contributed by atoms with Gasteiger partial charge in [0, 0.05) is 13.2 Å². The van der Waals surface area contributed by atoms with Gasteiger partial charge in [-0.15, -0.1) is 5.10 Å². The number of rotatable bonds is 7. The molecular weight excluding hydrogens is 577 g/mol. The third kappa shape index (κ3) is 5.70. The molecule has 41 heavy (non-hydrogen) atoms. The molecule has 0 atom stereocenters. The smallest absolute Gasteiger partial charge is 0.355 e. The average Bonchev–Trinajstić information content (AvgIpc) is 3.56. The van der Waals surface area contributed by atoms with E-state index in [1.54, 1.807) is 6.92 Å². The van der Waals surface area contributed by atoms with Gasteiger partial charge in [-0.2, -0.15) is 32.3 Å². The number of hydrogen-bond donors (Lipinski definition) is 2. The summed E-state index contributed by atoms with van der Waals surface area (Å²) < 4.78 is 67.3. The molecule has 3 heterocycles. The number of carbonyl (C=O) groups is 2. The van der Waals surface area contributed by atoms with E-state index in [1.807, 2.05) is 6.07 Å². The fraction of sp³-hybridized carbons (Fsp3) is 0.208. The molecule has 0 unspecified atom stereocenters. The summed E-state index contributed by atoms with van der Waals surface area (Å²) >= 11 is 6.25. The molecule has 0 saturated heterocycles. The van der Waals surface area contributed by atoms with Crippen LogP contribution in [0.5, 0.6) is 0 Å². The minimum absolute atomic E-state index is 0.000273. The van der Waals surface area contributed by atoms with Gasteiger partial charge in [-0.25, -0.2) is 14.3 Å². The minimum Gasteiger partial charge on any atom is -0.355 e. The monoisotopic (exact) mass is 593 g/mol. The maximum absolute atomic E-state index is 13.7. The van der Waals surface area contributed by atoms with Crippen LogP contribution in [0, 0.1) is 18.3 Å². The highest BCUT2D eigenvalue weighted by molar-refractivity contribution is 6.32. The number of carbonyl (C=O) groups excluding carboxylic acids is 2. The Hall–Kier alpha value is -4.91. The lowest BCUT2D eigenvalue weighted by molar-refractivity contribution is -0.291. The highest BCUT2D eigenvalue weighted by Gasteiger charge is 2.60. The van der Waals surface area contributed by atoms with Crippen LogP contribution in [-0.4, -0.2) is 54.8 Å². The molecule has 0 spiro atoms. The SMILES string of the molecule is CNC(=O)c1cc(C#N)cc(C)c1NC(=O)c1cc(Cn2cc(C(F)(F)C(F)(F)F)nn2)nn1-c1ncccc1Cl. The third-order valence-electron chi connectivity index (χ3n) is 5.65. The van der Waals surface area contributed by atoms with Gasteiger partial charge in [0.05, 0.1) is 46.3 Å². The van der Waals surface area contributed by atoms with Gasteiger partial charge in [-0.05, 0) is 42.8 Å². The van der Waals surface area contributed by atoms with Gasteiger partial charge in [0.25, 0.3) is 11.8 Å². The Balaban J connectivity index is 1.75. The number of alkyl halides is 5. The quantitative estimate of drug-likeness (QED) is 0.308. The molecule has 0 saturated carbocycles. The Bertz CT molecular complexity index is 1690. The molecule has 2 N–H and O–H groups in total. The summed E-state index contributed by atoms with van der Waals surface area (Å²) in [6.45, 7) is 1.11. The van der Waals surface area contributed by atoms with Crippen LogP contribution in [0.15, 0.2) is 42.7 Å². The van der Waals surface area contributed by atoms with Crippen LogP contribution < -0.4 is 10.6 Å². The molecule has 2 amide bonds. The van der Waals surface area contributed by atoms with E-state index in [4.69, 9.17) is 11.6 Å². The normalized spacial score (nSPS) is 11.7. The maximum Gasteiger partial charge on any atom is 0.459 e. The summed E-state index contributed by atoms with van der Waals surface area (Å²) in [6, 6.07) is 8.87. The number of aryl methyl sites for hydroxylation is 1. The zero-order chi connectivity index (χ0) is 30.1. The number of anilines is 1. The molecule has 0 aliphatic heterocycles. The van der Waals surface area contributed by atoms with Crippen molar-refractivity contribution in [1.82, 2.24) is 35.1 Å². The van der Waals surface area contributed by atoms with Crippen molar-refractivity contribution in [2.45, 2.75) is 25.6 Å². The first kappa shape index (κ1) is 29.1. The van der Waals surface area contributed by atoms with Gasteiger partial charge in [0.1, 0.15) is 5.69 Å². The van der Waals surface area contributed by atoms with Gasteiger partial charge >= 0.3 is 12.1 Å². The highest BCUT2D eigenvalue weighted by atomic mass is 35.5. The standard InChI is InChI=1S/C24H17ClF5N9O2/c1-12-6-13(9-31)7-15(21(40)32-2)19(12)34-22(41)17-8-14(36-39(17)20-16(25)4-3-5-33-20)10-38-11-18(35-37-38)23(26,27)24(28,29)30/h3-8,11H,10H2,1-2H3,(H,32,40)(H,34,41). The molecule has 0 fully saturated rings. The lowest BCUT2D eigenvalue weighted by atomic mass is 10.0. The number of aromatic nitrogens is 6. The van der Waals surface area contributed by atoms with Crippen LogP contribution in [-0.2, 0) is 12.5 Å². The van der Waals surface area contributed by atoms with E-state index in [0.717, 1.165) is 4.68 Å². The van der Waals surface area contributed by atoms with Crippen molar-refractivity contribution in [3.05, 3.63) is 81.5 Å². The number of amides is 2. The average molecular weight is 594 g/mol. The van der Waals surface area contributed by atoms with Gasteiger partial charge in [-0.3, -0.25) is 9.59 Å². The predicted molar refractivity (Wildman–Crippen MR) is 133 cm³/mol. The first-order valence-corrected chi connectivity index (χ1v) is 11.8. The van der Waals surface area contributed by atoms with Crippen molar-refractivity contribution < 1.29 is 31.5 Å². The fourth-order valence-electron chi connectivity index (χ4n) is 3.70. The summed E-state index contributed by atoms with van der Waals surface area (Å²) in [4.78, 5) is 30.1. The zero-order valence-corrected chi connectivity index (χ0v) is 21.7. The van der Waals surface area contributed by atoms with E-state index in [1.165, 1.54) is 43.6 Å². The first-order chi connectivity index (χ1) is 19.3. The van der Waals surface area contributed by atoms with Crippen molar-refractivity contribution >= 4 is 29.1 Å². The van der Waals surface area contributed by atoms with Gasteiger partial charge in [0.2, 0.25) is 0 Å². The second-order valence-corrected chi connectivity index (χ2v) is 8.88. The molecule has 0 radical (unpaired) electrons. The van der Waals surface area contributed by atoms with Crippen molar-refractivity contribution in [1.29, 1.82) is 5.26 Å². The van der Waals surface area contributed by atoms with Crippen molar-refractivity contribution in [2.24, 2.45) is 0 Å². The summed E-state index contributed by atoms with van der Waals surface area (Å²) in [7, 11) is 1.37. The Labute approximate surface area is 232 Å². The van der Waals surface area contributed by atoms with E-state index >= 15 is 0 Å². The first-order valence-electron chi connectivity index (χ1n) is 11.4. The van der Waals surface area contributed by atoms with E-state index in [0.29, 0.717) is 16.4 Å². The molecular formula is C24H17ClF5N9O2. The molecule has 17 heteroatoms. The molecule has 3 aromatic heterocycles. The number of halogens is 6. The lowest BCUT2D eigenvalue weighted by Gasteiger charge is -2.16. The van der Waals surface area contributed by atoms with Crippen LogP contribution in [0.25, 0.3) is 5.82 Å². The largest absolute Gasteiger partial charge is 0.459 e. The molecule has 4 aromatic rings. The molecule has 4 rings (SSSR count). The molecule has 212 valence electrons. The van der Waals surface area contributed by atoms with E-state index < -0.39 is 36.2 Å². The molecule has 11 nitrogen and oxygen atoms in total. The Morgan fingerprint density at radius 2 is 1.88 bits per heavy atom. The van der Waals surface area contributed by atoms with Crippen LogP contribution in [0.2, 0.25) is 5.02 Å². The van der Waals surface area contributed by atoms with Crippen LogP contribution in [0.4, 0.5) is 27.6 Å². The summed E-state index contributed by atoms with van der Waals surface area (Å²) in [5.41, 5.74) is -1.16. The van der Waals surface area contributed by atoms with Crippen LogP contribution >= 0.6 is 11.6 Å². The van der Waals surface area contributed by atoms with Crippen molar-refractivity contribution in [3.8, 4) is 11.9 Å². The number of pyridine rings is 1. The topological polar surface area (TPSA) is 143 Å². The van der Waals surface area contributed by atoms with Crippen molar-refractivity contribution in [2.75, 3.05) is 12.4 Å². The van der Waals surface area contributed by atoms with Gasteiger partial charge in [-0.1, -0.05) is 16.8 Å². The highest BCUT2D eigenvalue weighted by Crippen LogP contribution is 2.42. The Kier molecular flexibility index (Phi) is 7.75. The second-order valence-electron chi connectivity index (χ2n) is 8.48. The van der Waals surface area contributed by atoms with E-state index in [9.17, 15) is 36.8 Å². The molecule has 0 aliphatic rings. The number of nitriles is 1. The molecule has 0 aliphatic carbocycles. The molecule has 0 bridgehead atoms. The number of nitrogens with one attached hydrogen (secondary N) is 2. The van der Waals surface area contributed by atoms with Gasteiger partial charge < -0.3 is 10.6 Å². The van der Waals surface area contributed by atoms with Crippen molar-refractivity contribution in [3.63, 3.8) is 0 Å². The lowest BCUT2D eigenvalue weighted by Crippen LogP contribution is -2.34. The summed E-state index contributed by atoms with van der Waals surface area (Å²) in [5.74, 6) is -6.64. The summed E-state index contributed by atoms with van der Waals surface area (Å²) in [5, 5.41) is 24.9. The Morgan fingerprint density at radius 3 is 2.51 bits per heavy atom. The van der Waals surface area contributed by atoms with Crippen LogP contribution in [0.1, 0.15) is 43.4 Å². The predicted octanol–water partition coefficient (Wildman–Crippen LogP) is 4.01. The van der Waals surface area contributed by atoms with E-state index in [2.05, 4.69) is 31.0 Å². The van der Waals surface area contributed by atoms with Gasteiger partial charge in [0.15, 0.2) is 11.5 Å². The number of benzene rings is 1. The number of nitrogens with zero attached hydrogens (tertiary/aromatic N) is 7. The molecule has 1 aromatic carbocycles. The minimum atomic E-state index is -5.88. The zero-order valence-electron chi connectivity index (χ0n) is 21.0. The Morgan fingerprint density at radius 1 is 1.15 bits per heavy atom.